The molecule has 0 radical (unpaired) electrons. The fraction of sp³-hybridized carbons (Fsp3) is 0.900. The van der Waals surface area contributed by atoms with E-state index in [0.717, 1.165) is 6.54 Å². The number of carbonyl (C=O) groups excluding carboxylic acids is 1. The van der Waals surface area contributed by atoms with Gasteiger partial charge in [0.25, 0.3) is 0 Å². The molecule has 0 rings (SSSR count). The smallest absolute Gasteiger partial charge is 0.151 e. The molecule has 0 aliphatic carbocycles. The van der Waals surface area contributed by atoms with Crippen LogP contribution in [0.15, 0.2) is 0 Å². The highest BCUT2D eigenvalue weighted by atomic mass is 16.4. The Morgan fingerprint density at radius 2 is 1.71 bits per heavy atom. The number of aldehydes is 1. The molecule has 7 N–H and O–H groups in total. The Morgan fingerprint density at radius 1 is 1.18 bits per heavy atom. The average molecular weight is 253 g/mol. The topological polar surface area (TPSA) is 144 Å². The van der Waals surface area contributed by atoms with E-state index >= 15 is 0 Å². The van der Waals surface area contributed by atoms with E-state index in [4.69, 9.17) is 31.3 Å². The first-order chi connectivity index (χ1) is 7.95. The fourth-order valence-electron chi connectivity index (χ4n) is 0.822. The van der Waals surface area contributed by atoms with E-state index in [1.807, 2.05) is 0 Å². The lowest BCUT2D eigenvalue weighted by molar-refractivity contribution is -0.136. The van der Waals surface area contributed by atoms with E-state index in [9.17, 15) is 4.79 Å². The summed E-state index contributed by atoms with van der Waals surface area (Å²) in [6.45, 7) is 2.22. The second-order valence-electron chi connectivity index (χ2n) is 3.50. The number of unbranched alkanes of at least 4 members (excludes halogenated alkanes) is 1. The normalized spacial score (nSPS) is 17.4. The zero-order valence-corrected chi connectivity index (χ0v) is 9.94. The minimum atomic E-state index is -1.79. The molecule has 0 aliphatic rings. The van der Waals surface area contributed by atoms with Crippen LogP contribution in [0.5, 0.6) is 0 Å². The van der Waals surface area contributed by atoms with Crippen molar-refractivity contribution in [1.29, 1.82) is 0 Å². The van der Waals surface area contributed by atoms with Gasteiger partial charge in [-0.2, -0.15) is 0 Å². The second-order valence-corrected chi connectivity index (χ2v) is 3.50. The summed E-state index contributed by atoms with van der Waals surface area (Å²) in [6, 6.07) is 0. The van der Waals surface area contributed by atoms with E-state index in [-0.39, 0.29) is 6.29 Å². The lowest BCUT2D eigenvalue weighted by Gasteiger charge is -2.22. The molecule has 17 heavy (non-hydrogen) atoms. The van der Waals surface area contributed by atoms with Crippen molar-refractivity contribution in [2.45, 2.75) is 44.2 Å². The molecule has 0 fully saturated rings. The number of aliphatic hydroxyl groups is 5. The Morgan fingerprint density at radius 3 is 1.94 bits per heavy atom. The lowest BCUT2D eigenvalue weighted by Crippen LogP contribution is -2.46. The van der Waals surface area contributed by atoms with Gasteiger partial charge in [-0.3, -0.25) is 0 Å². The molecule has 0 aromatic heterocycles. The van der Waals surface area contributed by atoms with Crippen molar-refractivity contribution in [2.75, 3.05) is 13.2 Å². The first kappa shape index (κ1) is 18.8. The maximum atomic E-state index is 9.90. The van der Waals surface area contributed by atoms with Gasteiger partial charge in [-0.25, -0.2) is 0 Å². The molecule has 0 aromatic rings. The predicted octanol–water partition coefficient (Wildman–Crippen LogP) is -2.63. The van der Waals surface area contributed by atoms with Crippen molar-refractivity contribution in [3.8, 4) is 0 Å². The summed E-state index contributed by atoms with van der Waals surface area (Å²) in [7, 11) is 0. The van der Waals surface area contributed by atoms with Crippen LogP contribution in [0.4, 0.5) is 0 Å². The van der Waals surface area contributed by atoms with Gasteiger partial charge >= 0.3 is 0 Å². The molecule has 0 amide bonds. The van der Waals surface area contributed by atoms with Crippen molar-refractivity contribution < 1.29 is 30.3 Å². The summed E-state index contributed by atoms with van der Waals surface area (Å²) >= 11 is 0. The van der Waals surface area contributed by atoms with Crippen molar-refractivity contribution in [2.24, 2.45) is 5.73 Å². The van der Waals surface area contributed by atoms with E-state index in [2.05, 4.69) is 6.92 Å². The van der Waals surface area contributed by atoms with Crippen LogP contribution in [0.25, 0.3) is 0 Å². The van der Waals surface area contributed by atoms with Crippen LogP contribution in [0.2, 0.25) is 0 Å². The second kappa shape index (κ2) is 11.9. The first-order valence-electron chi connectivity index (χ1n) is 5.44. The number of hydrogen-bond donors (Lipinski definition) is 6. The van der Waals surface area contributed by atoms with Crippen molar-refractivity contribution >= 4 is 6.29 Å². The largest absolute Gasteiger partial charge is 0.394 e. The average Bonchev–Trinajstić information content (AvgIpc) is 2.36. The molecule has 4 atom stereocenters. The van der Waals surface area contributed by atoms with Gasteiger partial charge in [0.1, 0.15) is 24.4 Å². The van der Waals surface area contributed by atoms with Crippen molar-refractivity contribution in [1.82, 2.24) is 0 Å². The monoisotopic (exact) mass is 253 g/mol. The zero-order chi connectivity index (χ0) is 13.8. The molecule has 0 saturated heterocycles. The maximum absolute atomic E-state index is 9.90. The summed E-state index contributed by atoms with van der Waals surface area (Å²) in [5.74, 6) is 0. The maximum Gasteiger partial charge on any atom is 0.151 e. The third-order valence-corrected chi connectivity index (χ3v) is 1.98. The molecule has 0 aromatic carbocycles. The lowest BCUT2D eigenvalue weighted by atomic mass is 10.0. The van der Waals surface area contributed by atoms with E-state index in [1.54, 1.807) is 0 Å². The number of rotatable bonds is 7. The third kappa shape index (κ3) is 9.16. The van der Waals surface area contributed by atoms with Crippen LogP contribution in [0, 0.1) is 0 Å². The molecule has 4 unspecified atom stereocenters. The van der Waals surface area contributed by atoms with Gasteiger partial charge in [-0.05, 0) is 13.0 Å². The molecule has 7 nitrogen and oxygen atoms in total. The van der Waals surface area contributed by atoms with Crippen LogP contribution < -0.4 is 5.73 Å². The van der Waals surface area contributed by atoms with Gasteiger partial charge < -0.3 is 36.1 Å². The molecule has 0 aliphatic heterocycles. The minimum Gasteiger partial charge on any atom is -0.394 e. The number of aliphatic hydroxyl groups excluding tert-OH is 5. The Labute approximate surface area is 101 Å². The van der Waals surface area contributed by atoms with E-state index < -0.39 is 31.0 Å². The minimum absolute atomic E-state index is 0.0258. The molecule has 0 bridgehead atoms. The van der Waals surface area contributed by atoms with Crippen LogP contribution in [-0.4, -0.2) is 69.4 Å². The number of nitrogens with two attached hydrogens (primary N) is 1. The molecule has 104 valence electrons. The molecule has 7 heteroatoms. The van der Waals surface area contributed by atoms with Crippen LogP contribution >= 0.6 is 0 Å². The molecule has 0 heterocycles. The molecule has 0 saturated carbocycles. The summed E-state index contributed by atoms with van der Waals surface area (Å²) in [5.41, 5.74) is 5.14. The number of hydrogen-bond acceptors (Lipinski definition) is 7. The Hall–Kier alpha value is -0.570. The van der Waals surface area contributed by atoms with Gasteiger partial charge in [0, 0.05) is 0 Å². The van der Waals surface area contributed by atoms with Crippen LogP contribution in [0.1, 0.15) is 19.8 Å². The van der Waals surface area contributed by atoms with Crippen molar-refractivity contribution in [3.63, 3.8) is 0 Å². The standard InChI is InChI=1S/C6H12O6.C4H11N/c7-1-3(9)5(11)6(12)4(10)2-8;1-2-3-4-5/h1,3-6,8-12H,2H2;2-5H2,1H3. The summed E-state index contributed by atoms with van der Waals surface area (Å²) < 4.78 is 0. The fourth-order valence-corrected chi connectivity index (χ4v) is 0.822. The number of carbonyl (C=O) groups is 1. The Kier molecular flexibility index (Phi) is 13.2. The summed E-state index contributed by atoms with van der Waals surface area (Å²) in [5, 5.41) is 43.5. The first-order valence-corrected chi connectivity index (χ1v) is 5.44. The zero-order valence-electron chi connectivity index (χ0n) is 9.94. The van der Waals surface area contributed by atoms with Crippen molar-refractivity contribution in [3.05, 3.63) is 0 Å². The van der Waals surface area contributed by atoms with Crippen LogP contribution in [0.3, 0.4) is 0 Å². The highest BCUT2D eigenvalue weighted by Crippen LogP contribution is 2.02. The highest BCUT2D eigenvalue weighted by Gasteiger charge is 2.29. The predicted molar refractivity (Wildman–Crippen MR) is 61.1 cm³/mol. The van der Waals surface area contributed by atoms with Gasteiger partial charge in [0.05, 0.1) is 6.61 Å². The third-order valence-electron chi connectivity index (χ3n) is 1.98. The Balaban J connectivity index is 0. The Bertz CT molecular complexity index is 178. The van der Waals surface area contributed by atoms with E-state index in [0.29, 0.717) is 0 Å². The summed E-state index contributed by atoms with van der Waals surface area (Å²) in [6.07, 6.45) is -4.45. The van der Waals surface area contributed by atoms with Gasteiger partial charge in [-0.1, -0.05) is 13.3 Å². The van der Waals surface area contributed by atoms with Crippen LogP contribution in [-0.2, 0) is 4.79 Å². The van der Waals surface area contributed by atoms with Gasteiger partial charge in [-0.15, -0.1) is 0 Å². The van der Waals surface area contributed by atoms with Gasteiger partial charge in [0.2, 0.25) is 0 Å². The SMILES string of the molecule is CCCCN.O=CC(O)C(O)C(O)C(O)CO. The van der Waals surface area contributed by atoms with Gasteiger partial charge in [0.15, 0.2) is 6.29 Å². The molecule has 0 spiro atoms. The molecular weight excluding hydrogens is 230 g/mol. The van der Waals surface area contributed by atoms with E-state index in [1.165, 1.54) is 12.8 Å². The highest BCUT2D eigenvalue weighted by molar-refractivity contribution is 5.56. The molecular formula is C10H23NO6. The quantitative estimate of drug-likeness (QED) is 0.272. The summed E-state index contributed by atoms with van der Waals surface area (Å²) in [4.78, 5) is 9.90.